The topological polar surface area (TPSA) is 87.4 Å². The van der Waals surface area contributed by atoms with E-state index in [1.807, 2.05) is 12.1 Å². The van der Waals surface area contributed by atoms with Crippen LogP contribution in [0.15, 0.2) is 70.5 Å². The van der Waals surface area contributed by atoms with Crippen LogP contribution in [-0.4, -0.2) is 13.0 Å². The lowest BCUT2D eigenvalue weighted by molar-refractivity contribution is 0.367. The van der Waals surface area contributed by atoms with E-state index in [0.29, 0.717) is 0 Å². The highest BCUT2D eigenvalue weighted by molar-refractivity contribution is 7.99. The van der Waals surface area contributed by atoms with Crippen LogP contribution in [0.2, 0.25) is 0 Å². The number of benzene rings is 2. The van der Waals surface area contributed by atoms with Gasteiger partial charge in [0.1, 0.15) is 0 Å². The third-order valence-electron chi connectivity index (χ3n) is 1.86. The maximum Gasteiger partial charge on any atom is 0.456 e. The first kappa shape index (κ1) is 16.0. The fraction of sp³-hybridized carbons (Fsp3) is 0. The summed E-state index contributed by atoms with van der Waals surface area (Å²) in [4.78, 5) is 2.57. The van der Waals surface area contributed by atoms with Gasteiger partial charge in [0.25, 0.3) is 0 Å². The quantitative estimate of drug-likeness (QED) is 0.692. The number of nitrogens with zero attached hydrogens (tertiary/aromatic N) is 1. The lowest BCUT2D eigenvalue weighted by Gasteiger charge is -1.99. The van der Waals surface area contributed by atoms with Gasteiger partial charge in [-0.3, -0.25) is 8.74 Å². The van der Waals surface area contributed by atoms with Crippen LogP contribution < -0.4 is 0 Å². The van der Waals surface area contributed by atoms with E-state index in [4.69, 9.17) is 9.81 Å². The second-order valence-corrected chi connectivity index (χ2v) is 5.50. The van der Waals surface area contributed by atoms with Crippen molar-refractivity contribution < 1.29 is 17.2 Å². The van der Waals surface area contributed by atoms with Crippen molar-refractivity contribution in [3.8, 4) is 6.26 Å². The highest BCUT2D eigenvalue weighted by Crippen LogP contribution is 2.26. The van der Waals surface area contributed by atoms with Gasteiger partial charge in [-0.15, -0.1) is 5.26 Å². The minimum absolute atomic E-state index is 0.770. The zero-order valence-corrected chi connectivity index (χ0v) is 11.8. The Hall–Kier alpha value is -2.01. The van der Waals surface area contributed by atoms with Crippen LogP contribution in [0.25, 0.3) is 0 Å². The van der Waals surface area contributed by atoms with Gasteiger partial charge in [0.2, 0.25) is 0 Å². The van der Waals surface area contributed by atoms with Crippen molar-refractivity contribution in [1.82, 2.24) is 0 Å². The summed E-state index contributed by atoms with van der Waals surface area (Å²) in [6, 6.07) is 20.8. The molecule has 0 aliphatic carbocycles. The highest BCUT2D eigenvalue weighted by atomic mass is 32.3. The standard InChI is InChI=1S/C12H10S.CHNO4S/c1-3-7-11(8-4-1)13-12-9-5-2-6-10-12;2-1-6-7(3,4)5/h1-10H;(H,3,4,5). The van der Waals surface area contributed by atoms with Gasteiger partial charge in [-0.1, -0.05) is 48.2 Å². The van der Waals surface area contributed by atoms with Crippen LogP contribution in [0.1, 0.15) is 0 Å². The molecule has 20 heavy (non-hydrogen) atoms. The molecule has 0 saturated carbocycles. The molecule has 0 unspecified atom stereocenters. The summed E-state index contributed by atoms with van der Waals surface area (Å²) in [6.07, 6.45) is 0.770. The first-order valence-corrected chi connectivity index (χ1v) is 7.52. The Balaban J connectivity index is 0.000000246. The average molecular weight is 309 g/mol. The Morgan fingerprint density at radius 2 is 1.35 bits per heavy atom. The van der Waals surface area contributed by atoms with Gasteiger partial charge in [-0.05, 0) is 24.3 Å². The maximum atomic E-state index is 9.34. The molecule has 2 aromatic carbocycles. The molecule has 0 saturated heterocycles. The van der Waals surface area contributed by atoms with Crippen LogP contribution >= 0.6 is 11.8 Å². The van der Waals surface area contributed by atoms with E-state index in [1.165, 1.54) is 9.79 Å². The molecule has 0 heterocycles. The van der Waals surface area contributed by atoms with Crippen LogP contribution in [0, 0.1) is 11.5 Å². The Bertz CT molecular complexity index is 614. The Morgan fingerprint density at radius 3 is 1.60 bits per heavy atom. The van der Waals surface area contributed by atoms with Crippen LogP contribution in [0.5, 0.6) is 0 Å². The zero-order chi connectivity index (χ0) is 14.8. The molecule has 104 valence electrons. The van der Waals surface area contributed by atoms with Crippen molar-refractivity contribution in [2.75, 3.05) is 0 Å². The van der Waals surface area contributed by atoms with E-state index in [-0.39, 0.29) is 0 Å². The van der Waals surface area contributed by atoms with Gasteiger partial charge in [0.05, 0.1) is 0 Å². The van der Waals surface area contributed by atoms with E-state index in [0.717, 1.165) is 6.26 Å². The third kappa shape index (κ3) is 7.43. The van der Waals surface area contributed by atoms with Crippen molar-refractivity contribution in [1.29, 1.82) is 5.26 Å². The first-order chi connectivity index (χ1) is 9.51. The second-order valence-electron chi connectivity index (χ2n) is 3.33. The Labute approximate surface area is 121 Å². The van der Waals surface area contributed by atoms with Gasteiger partial charge >= 0.3 is 16.7 Å². The summed E-state index contributed by atoms with van der Waals surface area (Å²) in [5.41, 5.74) is 0. The van der Waals surface area contributed by atoms with E-state index < -0.39 is 10.4 Å². The van der Waals surface area contributed by atoms with E-state index in [1.54, 1.807) is 11.8 Å². The van der Waals surface area contributed by atoms with Crippen molar-refractivity contribution in [2.24, 2.45) is 0 Å². The molecule has 2 aromatic rings. The molecule has 0 amide bonds. The smallest absolute Gasteiger partial charge is 0.281 e. The fourth-order valence-electron chi connectivity index (χ4n) is 1.16. The van der Waals surface area contributed by atoms with Gasteiger partial charge in [-0.2, -0.15) is 8.42 Å². The first-order valence-electron chi connectivity index (χ1n) is 5.34. The van der Waals surface area contributed by atoms with Crippen molar-refractivity contribution in [2.45, 2.75) is 9.79 Å². The Kier molecular flexibility index (Phi) is 6.59. The van der Waals surface area contributed by atoms with E-state index in [2.05, 4.69) is 52.7 Å². The molecule has 0 aromatic heterocycles. The van der Waals surface area contributed by atoms with Crippen LogP contribution in [0.4, 0.5) is 0 Å². The van der Waals surface area contributed by atoms with Gasteiger partial charge in [-0.25, -0.2) is 0 Å². The molecule has 7 heteroatoms. The molecular weight excluding hydrogens is 298 g/mol. The molecule has 0 atom stereocenters. The lowest BCUT2D eigenvalue weighted by atomic mass is 10.4. The lowest BCUT2D eigenvalue weighted by Crippen LogP contribution is -1.96. The van der Waals surface area contributed by atoms with E-state index >= 15 is 0 Å². The molecule has 0 bridgehead atoms. The number of nitriles is 1. The summed E-state index contributed by atoms with van der Waals surface area (Å²) >= 11 is 1.79. The minimum Gasteiger partial charge on any atom is -0.281 e. The minimum atomic E-state index is -4.54. The third-order valence-corrected chi connectivity index (χ3v) is 3.17. The molecule has 0 aliphatic rings. The van der Waals surface area contributed by atoms with Crippen LogP contribution in [-0.2, 0) is 14.6 Å². The van der Waals surface area contributed by atoms with E-state index in [9.17, 15) is 8.42 Å². The number of hydrogen-bond acceptors (Lipinski definition) is 5. The molecule has 0 spiro atoms. The predicted octanol–water partition coefficient (Wildman–Crippen LogP) is 3.12. The largest absolute Gasteiger partial charge is 0.456 e. The van der Waals surface area contributed by atoms with Crippen molar-refractivity contribution >= 4 is 22.2 Å². The summed E-state index contributed by atoms with van der Waals surface area (Å²) in [5.74, 6) is 0. The SMILES string of the molecule is N#COS(=O)(=O)O.c1ccc(Sc2ccccc2)cc1. The molecular formula is C13H11NO4S2. The summed E-state index contributed by atoms with van der Waals surface area (Å²) in [6.45, 7) is 0. The summed E-state index contributed by atoms with van der Waals surface area (Å²) in [5, 5.41) is 7.39. The predicted molar refractivity (Wildman–Crippen MR) is 75.3 cm³/mol. The Morgan fingerprint density at radius 1 is 0.950 bits per heavy atom. The fourth-order valence-corrected chi connectivity index (χ4v) is 2.11. The molecule has 0 aliphatic heterocycles. The van der Waals surface area contributed by atoms with Crippen molar-refractivity contribution in [3.05, 3.63) is 60.7 Å². The molecule has 2 rings (SSSR count). The van der Waals surface area contributed by atoms with Crippen LogP contribution in [0.3, 0.4) is 0 Å². The number of rotatable bonds is 3. The second kappa shape index (κ2) is 8.22. The monoisotopic (exact) mass is 309 g/mol. The average Bonchev–Trinajstić information content (AvgIpc) is 2.40. The van der Waals surface area contributed by atoms with Gasteiger partial charge in [0.15, 0.2) is 0 Å². The zero-order valence-electron chi connectivity index (χ0n) is 10.2. The number of hydrogen-bond donors (Lipinski definition) is 1. The maximum absolute atomic E-state index is 9.34. The van der Waals surface area contributed by atoms with Crippen molar-refractivity contribution in [3.63, 3.8) is 0 Å². The van der Waals surface area contributed by atoms with Gasteiger partial charge < -0.3 is 0 Å². The summed E-state index contributed by atoms with van der Waals surface area (Å²) in [7, 11) is -4.54. The van der Waals surface area contributed by atoms with Gasteiger partial charge in [0, 0.05) is 9.79 Å². The molecule has 0 fully saturated rings. The molecule has 1 N–H and O–H groups in total. The molecule has 5 nitrogen and oxygen atoms in total. The summed E-state index contributed by atoms with van der Waals surface area (Å²) < 4.78 is 29.3. The highest BCUT2D eigenvalue weighted by Gasteiger charge is 1.99. The molecule has 0 radical (unpaired) electrons. The normalized spacial score (nSPS) is 9.80.